The first-order chi connectivity index (χ1) is 12.1. The molecule has 0 saturated heterocycles. The molecule has 0 amide bonds. The molecule has 25 heavy (non-hydrogen) atoms. The van der Waals surface area contributed by atoms with Crippen LogP contribution in [0.1, 0.15) is 16.1 Å². The number of carbonyl (C=O) groups excluding carboxylic acids is 1. The molecule has 2 heterocycles. The summed E-state index contributed by atoms with van der Waals surface area (Å²) in [5, 5.41) is 2.91. The molecule has 0 bridgehead atoms. The normalized spacial score (nSPS) is 11.3. The van der Waals surface area contributed by atoms with E-state index < -0.39 is 0 Å². The third-order valence-electron chi connectivity index (χ3n) is 3.99. The minimum atomic E-state index is 0.0847. The van der Waals surface area contributed by atoms with Gasteiger partial charge in [-0.1, -0.05) is 48.2 Å². The van der Waals surface area contributed by atoms with Crippen LogP contribution in [0.4, 0.5) is 0 Å². The van der Waals surface area contributed by atoms with Gasteiger partial charge in [0.1, 0.15) is 0 Å². The van der Waals surface area contributed by atoms with Crippen molar-refractivity contribution >= 4 is 55.4 Å². The van der Waals surface area contributed by atoms with E-state index in [2.05, 4.69) is 30.9 Å². The van der Waals surface area contributed by atoms with Gasteiger partial charge in [0, 0.05) is 10.0 Å². The first-order valence-electron chi connectivity index (χ1n) is 7.78. The Hall–Kier alpha value is -2.18. The Kier molecular flexibility index (Phi) is 4.31. The second-order valence-electron chi connectivity index (χ2n) is 5.74. The molecule has 1 N–H and O–H groups in total. The summed E-state index contributed by atoms with van der Waals surface area (Å²) in [6, 6.07) is 15.8. The molecule has 4 nitrogen and oxygen atoms in total. The van der Waals surface area contributed by atoms with Crippen LogP contribution in [0, 0.1) is 6.92 Å². The molecule has 0 radical (unpaired) electrons. The number of H-pyrrole nitrogens is 1. The average molecular weight is 412 g/mol. The number of rotatable bonds is 4. The van der Waals surface area contributed by atoms with E-state index in [1.807, 2.05) is 55.5 Å². The first-order valence-corrected chi connectivity index (χ1v) is 9.56. The van der Waals surface area contributed by atoms with Gasteiger partial charge in [-0.15, -0.1) is 0 Å². The Morgan fingerprint density at radius 2 is 1.92 bits per heavy atom. The highest BCUT2D eigenvalue weighted by Gasteiger charge is 2.11. The molecule has 2 aromatic heterocycles. The Balaban J connectivity index is 1.52. The number of nitrogens with one attached hydrogen (secondary N) is 1. The molecule has 0 aliphatic rings. The van der Waals surface area contributed by atoms with Crippen molar-refractivity contribution in [1.82, 2.24) is 15.0 Å². The molecule has 0 atom stereocenters. The molecule has 0 saturated carbocycles. The van der Waals surface area contributed by atoms with Crippen molar-refractivity contribution in [2.24, 2.45) is 0 Å². The van der Waals surface area contributed by atoms with Crippen molar-refractivity contribution in [2.45, 2.75) is 12.1 Å². The highest BCUT2D eigenvalue weighted by Crippen LogP contribution is 2.24. The van der Waals surface area contributed by atoms with Crippen LogP contribution in [0.2, 0.25) is 0 Å². The van der Waals surface area contributed by atoms with Crippen molar-refractivity contribution < 1.29 is 4.79 Å². The van der Waals surface area contributed by atoms with Crippen LogP contribution >= 0.6 is 27.7 Å². The fraction of sp³-hybridized carbons (Fsp3) is 0.105. The van der Waals surface area contributed by atoms with Crippen molar-refractivity contribution in [3.05, 3.63) is 64.3 Å². The summed E-state index contributed by atoms with van der Waals surface area (Å²) in [5.41, 5.74) is 3.14. The van der Waals surface area contributed by atoms with Crippen LogP contribution in [-0.4, -0.2) is 26.5 Å². The molecule has 4 aromatic rings. The largest absolute Gasteiger partial charge is 0.331 e. The van der Waals surface area contributed by atoms with E-state index in [-0.39, 0.29) is 5.78 Å². The molecule has 124 valence electrons. The topological polar surface area (TPSA) is 58.6 Å². The summed E-state index contributed by atoms with van der Waals surface area (Å²) in [6.45, 7) is 1.92. The fourth-order valence-electron chi connectivity index (χ4n) is 2.63. The number of nitrogens with zero attached hydrogens (tertiary/aromatic N) is 2. The number of halogens is 1. The van der Waals surface area contributed by atoms with Gasteiger partial charge in [-0.3, -0.25) is 4.79 Å². The molecule has 6 heteroatoms. The van der Waals surface area contributed by atoms with Crippen molar-refractivity contribution in [3.8, 4) is 0 Å². The van der Waals surface area contributed by atoms with E-state index >= 15 is 0 Å². The minimum absolute atomic E-state index is 0.0847. The third-order valence-corrected chi connectivity index (χ3v) is 5.67. The molecule has 0 fully saturated rings. The van der Waals surface area contributed by atoms with Gasteiger partial charge in [0.25, 0.3) is 0 Å². The SMILES string of the molecule is Cc1nc2nc(SCC(=O)c3ccc4ccccc4c3)[nH]c2cc1Br. The van der Waals surface area contributed by atoms with Crippen molar-refractivity contribution in [2.75, 3.05) is 5.75 Å². The monoisotopic (exact) mass is 411 g/mol. The summed E-state index contributed by atoms with van der Waals surface area (Å²) in [7, 11) is 0. The number of fused-ring (bicyclic) bond motifs is 2. The standard InChI is InChI=1S/C19H14BrN3OS/c1-11-15(20)9-16-18(21-11)23-19(22-16)25-10-17(24)14-7-6-12-4-2-3-5-13(12)8-14/h2-9H,10H2,1H3,(H,21,22,23). The lowest BCUT2D eigenvalue weighted by molar-refractivity contribution is 0.102. The Morgan fingerprint density at radius 3 is 2.76 bits per heavy atom. The Labute approximate surface area is 157 Å². The van der Waals surface area contributed by atoms with Crippen molar-refractivity contribution in [1.29, 1.82) is 0 Å². The lowest BCUT2D eigenvalue weighted by atomic mass is 10.1. The van der Waals surface area contributed by atoms with Gasteiger partial charge in [0.15, 0.2) is 16.6 Å². The number of aryl methyl sites for hydroxylation is 1. The number of benzene rings is 2. The molecule has 0 spiro atoms. The van der Waals surface area contributed by atoms with Crippen LogP contribution < -0.4 is 0 Å². The van der Waals surface area contributed by atoms with Crippen LogP contribution in [0.25, 0.3) is 21.9 Å². The maximum absolute atomic E-state index is 12.5. The number of ketones is 1. The molecular formula is C19H14BrN3OS. The highest BCUT2D eigenvalue weighted by atomic mass is 79.9. The predicted octanol–water partition coefficient (Wildman–Crippen LogP) is 5.16. The average Bonchev–Trinajstić information content (AvgIpc) is 3.01. The molecule has 0 aliphatic carbocycles. The molecule has 0 unspecified atom stereocenters. The molecule has 0 aliphatic heterocycles. The van der Waals surface area contributed by atoms with E-state index in [0.717, 1.165) is 32.0 Å². The number of aromatic amines is 1. The van der Waals surface area contributed by atoms with Gasteiger partial charge in [-0.25, -0.2) is 9.97 Å². The number of thioether (sulfide) groups is 1. The van der Waals surface area contributed by atoms with Gasteiger partial charge in [0.05, 0.1) is 17.0 Å². The van der Waals surface area contributed by atoms with Gasteiger partial charge < -0.3 is 4.98 Å². The maximum atomic E-state index is 12.5. The van der Waals surface area contributed by atoms with Gasteiger partial charge in [0.2, 0.25) is 0 Å². The lowest BCUT2D eigenvalue weighted by Gasteiger charge is -2.02. The first kappa shape index (κ1) is 16.3. The van der Waals surface area contributed by atoms with Crippen LogP contribution in [0.15, 0.2) is 58.2 Å². The van der Waals surface area contributed by atoms with E-state index in [0.29, 0.717) is 16.6 Å². The summed E-state index contributed by atoms with van der Waals surface area (Å²) < 4.78 is 0.937. The van der Waals surface area contributed by atoms with E-state index in [1.165, 1.54) is 11.8 Å². The molecule has 4 rings (SSSR count). The highest BCUT2D eigenvalue weighted by molar-refractivity contribution is 9.10. The zero-order valence-corrected chi connectivity index (χ0v) is 15.8. The summed E-state index contributed by atoms with van der Waals surface area (Å²) in [6.07, 6.45) is 0. The van der Waals surface area contributed by atoms with Crippen molar-refractivity contribution in [3.63, 3.8) is 0 Å². The number of hydrogen-bond acceptors (Lipinski definition) is 4. The number of Topliss-reactive ketones (excluding diaryl/α,β-unsaturated/α-hetero) is 1. The Bertz CT molecular complexity index is 1070. The van der Waals surface area contributed by atoms with Crippen LogP contribution in [0.5, 0.6) is 0 Å². The quantitative estimate of drug-likeness (QED) is 0.372. The van der Waals surface area contributed by atoms with E-state index in [1.54, 1.807) is 0 Å². The van der Waals surface area contributed by atoms with E-state index in [4.69, 9.17) is 0 Å². The second-order valence-corrected chi connectivity index (χ2v) is 7.56. The Morgan fingerprint density at radius 1 is 1.12 bits per heavy atom. The summed E-state index contributed by atoms with van der Waals surface area (Å²) in [5.74, 6) is 0.416. The minimum Gasteiger partial charge on any atom is -0.331 e. The fourth-order valence-corrected chi connectivity index (χ4v) is 3.72. The summed E-state index contributed by atoms with van der Waals surface area (Å²) in [4.78, 5) is 24.6. The molecule has 2 aromatic carbocycles. The molecular weight excluding hydrogens is 398 g/mol. The van der Waals surface area contributed by atoms with Crippen LogP contribution in [0.3, 0.4) is 0 Å². The van der Waals surface area contributed by atoms with Gasteiger partial charge in [-0.2, -0.15) is 0 Å². The zero-order valence-electron chi connectivity index (χ0n) is 13.4. The van der Waals surface area contributed by atoms with Gasteiger partial charge >= 0.3 is 0 Å². The van der Waals surface area contributed by atoms with Gasteiger partial charge in [-0.05, 0) is 45.8 Å². The zero-order chi connectivity index (χ0) is 17.4. The predicted molar refractivity (Wildman–Crippen MR) is 105 cm³/mol. The second kappa shape index (κ2) is 6.61. The van der Waals surface area contributed by atoms with Crippen LogP contribution in [-0.2, 0) is 0 Å². The summed E-state index contributed by atoms with van der Waals surface area (Å²) >= 11 is 4.86. The third kappa shape index (κ3) is 3.32. The number of aromatic nitrogens is 3. The smallest absolute Gasteiger partial charge is 0.178 e. The lowest BCUT2D eigenvalue weighted by Crippen LogP contribution is -2.02. The maximum Gasteiger partial charge on any atom is 0.178 e. The number of pyridine rings is 1. The number of imidazole rings is 1. The van der Waals surface area contributed by atoms with E-state index in [9.17, 15) is 4.79 Å². The number of carbonyl (C=O) groups is 1. The number of hydrogen-bond donors (Lipinski definition) is 1.